The molecule has 1 aliphatic carbocycles. The van der Waals surface area contributed by atoms with E-state index >= 15 is 0 Å². The molecule has 1 saturated carbocycles. The van der Waals surface area contributed by atoms with Gasteiger partial charge in [0.15, 0.2) is 5.78 Å². The first-order chi connectivity index (χ1) is 13.9. The minimum atomic E-state index is -0.219. The van der Waals surface area contributed by atoms with Crippen molar-refractivity contribution in [2.45, 2.75) is 52.5 Å². The van der Waals surface area contributed by atoms with Crippen LogP contribution in [0.25, 0.3) is 5.69 Å². The van der Waals surface area contributed by atoms with Crippen LogP contribution in [0, 0.1) is 26.6 Å². The third kappa shape index (κ3) is 4.17. The number of nitrogens with zero attached hydrogens (tertiary/aromatic N) is 3. The van der Waals surface area contributed by atoms with Crippen LogP contribution < -0.4 is 0 Å². The molecule has 1 aromatic heterocycles. The van der Waals surface area contributed by atoms with Gasteiger partial charge in [-0.25, -0.2) is 4.39 Å². The van der Waals surface area contributed by atoms with E-state index in [9.17, 15) is 9.18 Å². The number of rotatable bonds is 5. The van der Waals surface area contributed by atoms with Crippen LogP contribution in [0.2, 0.25) is 0 Å². The molecule has 0 unspecified atom stereocenters. The normalized spacial score (nSPS) is 19.2. The number of carbonyl (C=O) groups is 1. The van der Waals surface area contributed by atoms with Crippen LogP contribution in [-0.2, 0) is 0 Å². The minimum Gasteiger partial charge on any atom is -0.318 e. The Hall–Kier alpha value is -1.98. The number of ketones is 1. The molecule has 2 aromatic rings. The number of carbonyl (C=O) groups excluding carboxylic acids is 1. The second-order valence-corrected chi connectivity index (χ2v) is 8.73. The van der Waals surface area contributed by atoms with E-state index in [0.29, 0.717) is 12.1 Å². The first-order valence-electron chi connectivity index (χ1n) is 10.9. The van der Waals surface area contributed by atoms with E-state index in [-0.39, 0.29) is 11.6 Å². The molecule has 1 aliphatic heterocycles. The molecule has 0 radical (unpaired) electrons. The lowest BCUT2D eigenvalue weighted by molar-refractivity contribution is 0.0775. The fourth-order valence-electron chi connectivity index (χ4n) is 5.01. The zero-order chi connectivity index (χ0) is 20.5. The van der Waals surface area contributed by atoms with Gasteiger partial charge in [0.25, 0.3) is 0 Å². The number of aromatic nitrogens is 1. The predicted molar refractivity (Wildman–Crippen MR) is 115 cm³/mol. The van der Waals surface area contributed by atoms with Crippen LogP contribution in [-0.4, -0.2) is 58.9 Å². The summed E-state index contributed by atoms with van der Waals surface area (Å²) in [7, 11) is 0. The smallest absolute Gasteiger partial charge is 0.178 e. The minimum absolute atomic E-state index is 0.159. The van der Waals surface area contributed by atoms with Crippen molar-refractivity contribution in [3.05, 3.63) is 52.6 Å². The van der Waals surface area contributed by atoms with Gasteiger partial charge in [-0.15, -0.1) is 0 Å². The molecule has 1 aromatic carbocycles. The molecule has 156 valence electrons. The first kappa shape index (κ1) is 20.3. The molecule has 1 saturated heterocycles. The SMILES string of the molecule is Cc1ccc(-n2c(C)cc(C(=O)CN3CCN(C4CCCC4)CC3)c2C)cc1F. The Kier molecular flexibility index (Phi) is 5.88. The summed E-state index contributed by atoms with van der Waals surface area (Å²) in [6.07, 6.45) is 5.41. The quantitative estimate of drug-likeness (QED) is 0.705. The largest absolute Gasteiger partial charge is 0.318 e. The van der Waals surface area contributed by atoms with E-state index in [0.717, 1.165) is 54.9 Å². The Morgan fingerprint density at radius 1 is 1.03 bits per heavy atom. The molecule has 0 atom stereocenters. The van der Waals surface area contributed by atoms with Crippen molar-refractivity contribution in [2.24, 2.45) is 0 Å². The Labute approximate surface area is 173 Å². The van der Waals surface area contributed by atoms with Gasteiger partial charge < -0.3 is 4.57 Å². The van der Waals surface area contributed by atoms with Crippen LogP contribution in [0.1, 0.15) is 53.0 Å². The summed E-state index contributed by atoms with van der Waals surface area (Å²) in [5.74, 6) is -0.0609. The van der Waals surface area contributed by atoms with Crippen LogP contribution >= 0.6 is 0 Å². The molecule has 0 N–H and O–H groups in total. The fourth-order valence-corrected chi connectivity index (χ4v) is 5.01. The highest BCUT2D eigenvalue weighted by Gasteiger charge is 2.27. The lowest BCUT2D eigenvalue weighted by Gasteiger charge is -2.37. The zero-order valence-electron chi connectivity index (χ0n) is 17.9. The van der Waals surface area contributed by atoms with Crippen molar-refractivity contribution >= 4 is 5.78 Å². The van der Waals surface area contributed by atoms with E-state index in [4.69, 9.17) is 0 Å². The van der Waals surface area contributed by atoms with Gasteiger partial charge in [0.05, 0.1) is 6.54 Å². The van der Waals surface area contributed by atoms with Crippen molar-refractivity contribution in [1.29, 1.82) is 0 Å². The van der Waals surface area contributed by atoms with E-state index in [1.165, 1.54) is 25.7 Å². The second kappa shape index (κ2) is 8.41. The third-order valence-electron chi connectivity index (χ3n) is 6.76. The number of piperazine rings is 1. The summed E-state index contributed by atoms with van der Waals surface area (Å²) in [5, 5.41) is 0. The lowest BCUT2D eigenvalue weighted by Crippen LogP contribution is -2.50. The molecule has 0 spiro atoms. The van der Waals surface area contributed by atoms with Gasteiger partial charge in [-0.2, -0.15) is 0 Å². The Balaban J connectivity index is 1.43. The van der Waals surface area contributed by atoms with Crippen molar-refractivity contribution in [1.82, 2.24) is 14.4 Å². The number of hydrogen-bond donors (Lipinski definition) is 0. The van der Waals surface area contributed by atoms with Crippen molar-refractivity contribution in [2.75, 3.05) is 32.7 Å². The number of hydrogen-bond acceptors (Lipinski definition) is 3. The Morgan fingerprint density at radius 2 is 1.72 bits per heavy atom. The van der Waals surface area contributed by atoms with E-state index in [1.54, 1.807) is 19.1 Å². The van der Waals surface area contributed by atoms with Crippen LogP contribution in [0.5, 0.6) is 0 Å². The highest BCUT2D eigenvalue weighted by molar-refractivity contribution is 5.99. The van der Waals surface area contributed by atoms with Crippen molar-refractivity contribution in [3.8, 4) is 5.69 Å². The molecule has 0 amide bonds. The summed E-state index contributed by atoms with van der Waals surface area (Å²) in [4.78, 5) is 17.9. The van der Waals surface area contributed by atoms with Crippen molar-refractivity contribution < 1.29 is 9.18 Å². The lowest BCUT2D eigenvalue weighted by atomic mass is 10.1. The van der Waals surface area contributed by atoms with Gasteiger partial charge >= 0.3 is 0 Å². The summed E-state index contributed by atoms with van der Waals surface area (Å²) in [6.45, 7) is 10.2. The number of halogens is 1. The standard InChI is InChI=1S/C24H32FN3O/c1-17-8-9-21(15-23(17)25)28-18(2)14-22(19(28)3)24(29)16-26-10-12-27(13-11-26)20-6-4-5-7-20/h8-9,14-15,20H,4-7,10-13,16H2,1-3H3. The number of benzene rings is 1. The first-order valence-corrected chi connectivity index (χ1v) is 10.9. The maximum Gasteiger partial charge on any atom is 0.178 e. The molecule has 4 nitrogen and oxygen atoms in total. The third-order valence-corrected chi connectivity index (χ3v) is 6.76. The van der Waals surface area contributed by atoms with Gasteiger partial charge in [0.1, 0.15) is 5.82 Å². The van der Waals surface area contributed by atoms with Gasteiger partial charge in [-0.1, -0.05) is 18.9 Å². The molecule has 0 bridgehead atoms. The molecule has 2 heterocycles. The predicted octanol–water partition coefficient (Wildman–Crippen LogP) is 4.28. The van der Waals surface area contributed by atoms with Crippen LogP contribution in [0.15, 0.2) is 24.3 Å². The molecule has 2 aliphatic rings. The average molecular weight is 398 g/mol. The topological polar surface area (TPSA) is 28.5 Å². The maximum absolute atomic E-state index is 14.1. The summed E-state index contributed by atoms with van der Waals surface area (Å²) in [5.41, 5.74) is 4.00. The van der Waals surface area contributed by atoms with E-state index in [1.807, 2.05) is 30.5 Å². The van der Waals surface area contributed by atoms with Gasteiger partial charge in [-0.3, -0.25) is 14.6 Å². The monoisotopic (exact) mass is 397 g/mol. The van der Waals surface area contributed by atoms with Crippen molar-refractivity contribution in [3.63, 3.8) is 0 Å². The van der Waals surface area contributed by atoms with Crippen LogP contribution in [0.3, 0.4) is 0 Å². The average Bonchev–Trinajstić information content (AvgIpc) is 3.33. The number of aryl methyl sites for hydroxylation is 2. The fraction of sp³-hybridized carbons (Fsp3) is 0.542. The van der Waals surface area contributed by atoms with E-state index in [2.05, 4.69) is 9.80 Å². The molecular formula is C24H32FN3O. The highest BCUT2D eigenvalue weighted by atomic mass is 19.1. The van der Waals surface area contributed by atoms with Crippen LogP contribution in [0.4, 0.5) is 4.39 Å². The van der Waals surface area contributed by atoms with Gasteiger partial charge in [-0.05, 0) is 57.4 Å². The maximum atomic E-state index is 14.1. The summed E-state index contributed by atoms with van der Waals surface area (Å²) in [6, 6.07) is 7.96. The Bertz CT molecular complexity index is 890. The molecule has 2 fully saturated rings. The van der Waals surface area contributed by atoms with Gasteiger partial charge in [0.2, 0.25) is 0 Å². The molecule has 5 heteroatoms. The Morgan fingerprint density at radius 3 is 2.38 bits per heavy atom. The summed E-state index contributed by atoms with van der Waals surface area (Å²) < 4.78 is 16.0. The van der Waals surface area contributed by atoms with E-state index < -0.39 is 0 Å². The molecular weight excluding hydrogens is 365 g/mol. The van der Waals surface area contributed by atoms with Gasteiger partial charge in [0, 0.05) is 54.9 Å². The molecule has 4 rings (SSSR count). The highest BCUT2D eigenvalue weighted by Crippen LogP contribution is 2.25. The zero-order valence-corrected chi connectivity index (χ0v) is 17.9. The second-order valence-electron chi connectivity index (χ2n) is 8.73. The number of Topliss-reactive ketones (excluding diaryl/α,β-unsaturated/α-hetero) is 1. The summed E-state index contributed by atoms with van der Waals surface area (Å²) >= 11 is 0. The molecule has 29 heavy (non-hydrogen) atoms.